The Kier molecular flexibility index (Phi) is 11.8. The van der Waals surface area contributed by atoms with Gasteiger partial charge in [0, 0.05) is 18.6 Å². The highest BCUT2D eigenvalue weighted by molar-refractivity contribution is 8.76. The van der Waals surface area contributed by atoms with Gasteiger partial charge in [0.15, 0.2) is 0 Å². The van der Waals surface area contributed by atoms with Crippen LogP contribution >= 0.6 is 21.6 Å². The third-order valence-corrected chi connectivity index (χ3v) is 7.31. The number of likely N-dealkylation sites (N-methyl/N-ethyl adjacent to an activating group) is 1. The number of aliphatic carboxylic acids is 1. The lowest BCUT2D eigenvalue weighted by Crippen LogP contribution is -2.53. The maximum Gasteiger partial charge on any atom is 0.410 e. The zero-order valence-corrected chi connectivity index (χ0v) is 21.3. The van der Waals surface area contributed by atoms with E-state index in [1.807, 2.05) is 74.5 Å². The highest BCUT2D eigenvalue weighted by Crippen LogP contribution is 2.26. The van der Waals surface area contributed by atoms with E-state index in [2.05, 4.69) is 5.32 Å². The molecule has 0 spiro atoms. The number of amides is 2. The summed E-state index contributed by atoms with van der Waals surface area (Å²) < 4.78 is 5.36. The molecule has 184 valence electrons. The molecule has 2 N–H and O–H groups in total. The molecule has 0 bridgehead atoms. The first-order valence-electron chi connectivity index (χ1n) is 11.0. The van der Waals surface area contributed by atoms with Crippen molar-refractivity contribution in [2.45, 2.75) is 44.7 Å². The maximum atomic E-state index is 13.0. The number of carbonyl (C=O) groups excluding carboxylic acids is 2. The SMILES string of the molecule is CC(C)C[C@@H](C(=O)N[C@@H](CSSCc1ccccc1)C(=O)O)N(C)C(=O)OCc1ccccc1. The van der Waals surface area contributed by atoms with Crippen LogP contribution in [0, 0.1) is 5.92 Å². The number of nitrogens with one attached hydrogen (secondary N) is 1. The van der Waals surface area contributed by atoms with Crippen LogP contribution in [0.2, 0.25) is 0 Å². The molecule has 2 rings (SSSR count). The van der Waals surface area contributed by atoms with Crippen LogP contribution in [0.15, 0.2) is 60.7 Å². The molecule has 7 nitrogen and oxygen atoms in total. The standard InChI is InChI=1S/C25H32N2O5S2/c1-18(2)14-22(27(3)25(31)32-15-19-10-6-4-7-11-19)23(28)26-21(24(29)30)17-34-33-16-20-12-8-5-9-13-20/h4-13,18,21-22H,14-17H2,1-3H3,(H,26,28)(H,29,30)/t21-,22-/m0/s1. The normalized spacial score (nSPS) is 12.6. The summed E-state index contributed by atoms with van der Waals surface area (Å²) in [4.78, 5) is 38.6. The molecule has 0 aromatic heterocycles. The highest BCUT2D eigenvalue weighted by Gasteiger charge is 2.31. The van der Waals surface area contributed by atoms with Crippen LogP contribution in [-0.2, 0) is 26.7 Å². The van der Waals surface area contributed by atoms with Gasteiger partial charge in [0.05, 0.1) is 0 Å². The van der Waals surface area contributed by atoms with Crippen LogP contribution in [0.5, 0.6) is 0 Å². The van der Waals surface area contributed by atoms with Gasteiger partial charge in [-0.1, -0.05) is 96.1 Å². The summed E-state index contributed by atoms with van der Waals surface area (Å²) in [6, 6.07) is 17.2. The summed E-state index contributed by atoms with van der Waals surface area (Å²) in [5.41, 5.74) is 1.98. The van der Waals surface area contributed by atoms with E-state index in [1.54, 1.807) is 0 Å². The maximum absolute atomic E-state index is 13.0. The average molecular weight is 505 g/mol. The molecule has 2 atom stereocenters. The van der Waals surface area contributed by atoms with Crippen LogP contribution in [-0.4, -0.2) is 52.9 Å². The lowest BCUT2D eigenvalue weighted by molar-refractivity contribution is -0.141. The molecule has 0 heterocycles. The van der Waals surface area contributed by atoms with Gasteiger partial charge in [-0.3, -0.25) is 9.69 Å². The number of carbonyl (C=O) groups is 3. The highest BCUT2D eigenvalue weighted by atomic mass is 33.1. The van der Waals surface area contributed by atoms with Crippen LogP contribution < -0.4 is 5.32 Å². The van der Waals surface area contributed by atoms with Gasteiger partial charge in [0.25, 0.3) is 0 Å². The minimum atomic E-state index is -1.11. The summed E-state index contributed by atoms with van der Waals surface area (Å²) in [6.07, 6.45) is -0.255. The van der Waals surface area contributed by atoms with Gasteiger partial charge in [-0.15, -0.1) is 0 Å². The third kappa shape index (κ3) is 9.69. The summed E-state index contributed by atoms with van der Waals surface area (Å²) >= 11 is 0. The van der Waals surface area contributed by atoms with Crippen molar-refractivity contribution in [1.29, 1.82) is 0 Å². The van der Waals surface area contributed by atoms with Crippen molar-refractivity contribution in [1.82, 2.24) is 10.2 Å². The topological polar surface area (TPSA) is 95.9 Å². The van der Waals surface area contributed by atoms with E-state index in [9.17, 15) is 19.5 Å². The molecular formula is C25H32N2O5S2. The molecule has 2 aromatic rings. The van der Waals surface area contributed by atoms with Crippen molar-refractivity contribution >= 4 is 39.6 Å². The fraction of sp³-hybridized carbons (Fsp3) is 0.400. The molecule has 0 radical (unpaired) electrons. The fourth-order valence-electron chi connectivity index (χ4n) is 3.08. The Morgan fingerprint density at radius 1 is 0.971 bits per heavy atom. The number of rotatable bonds is 13. The second-order valence-corrected chi connectivity index (χ2v) is 10.7. The summed E-state index contributed by atoms with van der Waals surface area (Å²) in [5.74, 6) is -0.570. The molecule has 0 aliphatic rings. The molecule has 0 unspecified atom stereocenters. The average Bonchev–Trinajstić information content (AvgIpc) is 2.83. The van der Waals surface area contributed by atoms with Gasteiger partial charge in [-0.05, 0) is 23.5 Å². The lowest BCUT2D eigenvalue weighted by atomic mass is 10.0. The number of carboxylic acid groups (broad SMARTS) is 1. The van der Waals surface area contributed by atoms with E-state index >= 15 is 0 Å². The molecule has 9 heteroatoms. The van der Waals surface area contributed by atoms with Crippen LogP contribution in [0.4, 0.5) is 4.79 Å². The van der Waals surface area contributed by atoms with Crippen molar-refractivity contribution in [3.05, 3.63) is 71.8 Å². The minimum absolute atomic E-state index is 0.0903. The number of ether oxygens (including phenoxy) is 1. The molecule has 0 saturated carbocycles. The second kappa shape index (κ2) is 14.6. The number of nitrogens with zero attached hydrogens (tertiary/aromatic N) is 1. The second-order valence-electron chi connectivity index (χ2n) is 8.23. The van der Waals surface area contributed by atoms with E-state index in [0.717, 1.165) is 16.9 Å². The van der Waals surface area contributed by atoms with Crippen LogP contribution in [0.1, 0.15) is 31.4 Å². The predicted octanol–water partition coefficient (Wildman–Crippen LogP) is 4.82. The Morgan fingerprint density at radius 3 is 2.12 bits per heavy atom. The Bertz CT molecular complexity index is 912. The molecule has 34 heavy (non-hydrogen) atoms. The zero-order valence-electron chi connectivity index (χ0n) is 19.7. The Balaban J connectivity index is 1.93. The minimum Gasteiger partial charge on any atom is -0.480 e. The Hall–Kier alpha value is -2.65. The molecule has 0 aliphatic heterocycles. The predicted molar refractivity (Wildman–Crippen MR) is 137 cm³/mol. The van der Waals surface area contributed by atoms with Gasteiger partial charge in [0.2, 0.25) is 5.91 Å². The number of benzene rings is 2. The van der Waals surface area contributed by atoms with E-state index in [0.29, 0.717) is 6.42 Å². The van der Waals surface area contributed by atoms with Gasteiger partial charge in [-0.25, -0.2) is 9.59 Å². The zero-order chi connectivity index (χ0) is 24.9. The monoisotopic (exact) mass is 504 g/mol. The Labute approximate surface area is 209 Å². The molecule has 2 aromatic carbocycles. The van der Waals surface area contributed by atoms with E-state index in [4.69, 9.17) is 4.74 Å². The largest absolute Gasteiger partial charge is 0.480 e. The van der Waals surface area contributed by atoms with E-state index in [1.165, 1.54) is 33.5 Å². The first kappa shape index (κ1) is 27.6. The van der Waals surface area contributed by atoms with Gasteiger partial charge in [0.1, 0.15) is 18.7 Å². The molecule has 0 aliphatic carbocycles. The molecular weight excluding hydrogens is 472 g/mol. The quantitative estimate of drug-likeness (QED) is 0.298. The molecule has 0 fully saturated rings. The van der Waals surface area contributed by atoms with Crippen molar-refractivity contribution in [3.63, 3.8) is 0 Å². The van der Waals surface area contributed by atoms with E-state index in [-0.39, 0.29) is 18.3 Å². The molecule has 0 saturated heterocycles. The summed E-state index contributed by atoms with van der Waals surface area (Å²) in [5, 5.41) is 12.2. The van der Waals surface area contributed by atoms with E-state index < -0.39 is 30.1 Å². The number of hydrogen-bond donors (Lipinski definition) is 2. The van der Waals surface area contributed by atoms with Crippen LogP contribution in [0.25, 0.3) is 0 Å². The van der Waals surface area contributed by atoms with Gasteiger partial charge in [-0.2, -0.15) is 0 Å². The number of hydrogen-bond acceptors (Lipinski definition) is 6. The number of carboxylic acids is 1. The van der Waals surface area contributed by atoms with Crippen molar-refractivity contribution < 1.29 is 24.2 Å². The summed E-state index contributed by atoms with van der Waals surface area (Å²) in [6.45, 7) is 3.97. The van der Waals surface area contributed by atoms with Crippen molar-refractivity contribution in [2.24, 2.45) is 5.92 Å². The van der Waals surface area contributed by atoms with Crippen LogP contribution in [0.3, 0.4) is 0 Å². The van der Waals surface area contributed by atoms with Gasteiger partial charge >= 0.3 is 12.1 Å². The first-order valence-corrected chi connectivity index (χ1v) is 13.5. The van der Waals surface area contributed by atoms with Crippen molar-refractivity contribution in [2.75, 3.05) is 12.8 Å². The van der Waals surface area contributed by atoms with Gasteiger partial charge < -0.3 is 15.2 Å². The fourth-order valence-corrected chi connectivity index (χ4v) is 5.30. The van der Waals surface area contributed by atoms with Crippen molar-refractivity contribution in [3.8, 4) is 0 Å². The lowest BCUT2D eigenvalue weighted by Gasteiger charge is -2.29. The summed E-state index contributed by atoms with van der Waals surface area (Å²) in [7, 11) is 4.42. The Morgan fingerprint density at radius 2 is 1.56 bits per heavy atom. The molecule has 2 amide bonds. The smallest absolute Gasteiger partial charge is 0.410 e. The first-order chi connectivity index (χ1) is 16.3. The third-order valence-electron chi connectivity index (χ3n) is 4.96.